The van der Waals surface area contributed by atoms with Crippen molar-refractivity contribution in [2.24, 2.45) is 0 Å². The highest BCUT2D eigenvalue weighted by molar-refractivity contribution is 6.15. The number of esters is 1. The van der Waals surface area contributed by atoms with Gasteiger partial charge in [0.05, 0.1) is 11.3 Å². The van der Waals surface area contributed by atoms with Crippen molar-refractivity contribution in [1.29, 1.82) is 0 Å². The Bertz CT molecular complexity index is 1100. The minimum atomic E-state index is -1.64. The molecule has 1 unspecified atom stereocenters. The number of fused-ring (bicyclic) bond motifs is 3. The molecular formula is C23H22FN3O5. The fourth-order valence-electron chi connectivity index (χ4n) is 4.34. The van der Waals surface area contributed by atoms with Gasteiger partial charge in [0.2, 0.25) is 11.6 Å². The second-order valence-corrected chi connectivity index (χ2v) is 7.62. The van der Waals surface area contributed by atoms with Crippen LogP contribution in [0.25, 0.3) is 0 Å². The molecule has 4 rings (SSSR count). The normalized spacial score (nSPS) is 19.5. The van der Waals surface area contributed by atoms with E-state index >= 15 is 0 Å². The third-order valence-electron chi connectivity index (χ3n) is 5.95. The molecule has 2 aliphatic heterocycles. The predicted octanol–water partition coefficient (Wildman–Crippen LogP) is 2.33. The summed E-state index contributed by atoms with van der Waals surface area (Å²) in [5, 5.41) is 0. The summed E-state index contributed by atoms with van der Waals surface area (Å²) >= 11 is 0. The summed E-state index contributed by atoms with van der Waals surface area (Å²) in [6, 6.07) is 12.0. The van der Waals surface area contributed by atoms with Crippen molar-refractivity contribution in [3.05, 3.63) is 59.9 Å². The second-order valence-electron chi connectivity index (χ2n) is 7.62. The molecule has 2 aromatic rings. The van der Waals surface area contributed by atoms with Gasteiger partial charge in [0.1, 0.15) is 5.82 Å². The fourth-order valence-corrected chi connectivity index (χ4v) is 4.34. The molecule has 1 saturated heterocycles. The number of rotatable bonds is 5. The van der Waals surface area contributed by atoms with Crippen LogP contribution < -0.4 is 9.80 Å². The van der Waals surface area contributed by atoms with Gasteiger partial charge in [-0.05, 0) is 43.3 Å². The van der Waals surface area contributed by atoms with Crippen molar-refractivity contribution in [2.45, 2.75) is 25.4 Å². The maximum atomic E-state index is 13.3. The Balaban J connectivity index is 1.58. The minimum absolute atomic E-state index is 0.0604. The van der Waals surface area contributed by atoms with Crippen molar-refractivity contribution >= 4 is 35.1 Å². The molecule has 0 N–H and O–H groups in total. The zero-order valence-electron chi connectivity index (χ0n) is 17.7. The number of halogens is 1. The number of nitrogens with zero attached hydrogens (tertiary/aromatic N) is 3. The molecule has 0 aromatic heterocycles. The Labute approximate surface area is 184 Å². The second kappa shape index (κ2) is 8.07. The Morgan fingerprint density at radius 1 is 1.12 bits per heavy atom. The lowest BCUT2D eigenvalue weighted by molar-refractivity contribution is -0.158. The molecule has 0 aliphatic carbocycles. The lowest BCUT2D eigenvalue weighted by Crippen LogP contribution is -2.67. The molecule has 0 spiro atoms. The summed E-state index contributed by atoms with van der Waals surface area (Å²) in [4.78, 5) is 55.6. The van der Waals surface area contributed by atoms with Crippen molar-refractivity contribution < 1.29 is 28.3 Å². The maximum absolute atomic E-state index is 13.3. The van der Waals surface area contributed by atoms with Crippen LogP contribution in [0.2, 0.25) is 0 Å². The van der Waals surface area contributed by atoms with Crippen LogP contribution >= 0.6 is 0 Å². The minimum Gasteiger partial charge on any atom is -0.452 e. The third-order valence-corrected chi connectivity index (χ3v) is 5.95. The van der Waals surface area contributed by atoms with Crippen LogP contribution in [0.5, 0.6) is 0 Å². The molecule has 0 radical (unpaired) electrons. The number of hydrogen-bond acceptors (Lipinski definition) is 5. The molecule has 1 fully saturated rings. The molecule has 2 heterocycles. The van der Waals surface area contributed by atoms with E-state index < -0.39 is 35.9 Å². The number of benzene rings is 2. The number of hydrogen-bond donors (Lipinski definition) is 0. The van der Waals surface area contributed by atoms with Crippen molar-refractivity contribution in [2.75, 3.05) is 30.0 Å². The topological polar surface area (TPSA) is 87.2 Å². The monoisotopic (exact) mass is 439 g/mol. The number of para-hydroxylation sites is 1. The molecule has 8 nitrogen and oxygen atoms in total. The Kier molecular flexibility index (Phi) is 5.41. The lowest BCUT2D eigenvalue weighted by Gasteiger charge is -2.46. The van der Waals surface area contributed by atoms with Crippen LogP contribution in [0.1, 0.15) is 30.1 Å². The number of ether oxygens (including phenoxy) is 1. The molecule has 3 amide bonds. The largest absolute Gasteiger partial charge is 0.452 e. The summed E-state index contributed by atoms with van der Waals surface area (Å²) < 4.78 is 18.6. The van der Waals surface area contributed by atoms with Crippen LogP contribution in [-0.4, -0.2) is 54.5 Å². The molecule has 1 atom stereocenters. The molecule has 2 aromatic carbocycles. The maximum Gasteiger partial charge on any atom is 0.354 e. The highest BCUT2D eigenvalue weighted by Gasteiger charge is 2.60. The average Bonchev–Trinajstić information content (AvgIpc) is 3.16. The predicted molar refractivity (Wildman–Crippen MR) is 113 cm³/mol. The first-order valence-electron chi connectivity index (χ1n) is 10.2. The van der Waals surface area contributed by atoms with Crippen LogP contribution in [0.15, 0.2) is 48.5 Å². The van der Waals surface area contributed by atoms with Gasteiger partial charge in [-0.15, -0.1) is 0 Å². The number of likely N-dealkylation sites (N-methyl/N-ethyl adjacent to an activating group) is 2. The highest BCUT2D eigenvalue weighted by atomic mass is 19.1. The molecule has 0 saturated carbocycles. The first kappa shape index (κ1) is 21.5. The summed E-state index contributed by atoms with van der Waals surface area (Å²) in [5.74, 6) is -2.50. The van der Waals surface area contributed by atoms with E-state index in [2.05, 4.69) is 0 Å². The van der Waals surface area contributed by atoms with Gasteiger partial charge in [0, 0.05) is 32.1 Å². The molecule has 166 valence electrons. The van der Waals surface area contributed by atoms with Gasteiger partial charge in [-0.3, -0.25) is 19.3 Å². The summed E-state index contributed by atoms with van der Waals surface area (Å²) in [6.45, 7) is 1.44. The first-order chi connectivity index (χ1) is 15.3. The standard InChI is InChI=1S/C23H22FN3O5/c1-3-26(16-10-8-15(24)9-11-16)20(29)14-32-22(31)23-13-12-19(28)27(23)18-7-5-4-6-17(18)21(30)25(23)2/h4-11H,3,12-14H2,1-2H3. The first-order valence-corrected chi connectivity index (χ1v) is 10.2. The van der Waals surface area contributed by atoms with E-state index in [1.807, 2.05) is 0 Å². The van der Waals surface area contributed by atoms with Crippen LogP contribution in [0, 0.1) is 5.82 Å². The van der Waals surface area contributed by atoms with Crippen molar-refractivity contribution in [1.82, 2.24) is 4.90 Å². The van der Waals surface area contributed by atoms with Crippen molar-refractivity contribution in [3.8, 4) is 0 Å². The van der Waals surface area contributed by atoms with E-state index in [-0.39, 0.29) is 25.3 Å². The highest BCUT2D eigenvalue weighted by Crippen LogP contribution is 2.44. The zero-order chi connectivity index (χ0) is 23.0. The van der Waals surface area contributed by atoms with E-state index in [0.717, 1.165) is 0 Å². The number of carbonyl (C=O) groups is 4. The van der Waals surface area contributed by atoms with Crippen LogP contribution in [-0.2, 0) is 19.1 Å². The van der Waals surface area contributed by atoms with E-state index in [9.17, 15) is 23.6 Å². The van der Waals surface area contributed by atoms with Crippen molar-refractivity contribution in [3.63, 3.8) is 0 Å². The quantitative estimate of drug-likeness (QED) is 0.668. The summed E-state index contributed by atoms with van der Waals surface area (Å²) in [5.41, 5.74) is -0.513. The van der Waals surface area contributed by atoms with Gasteiger partial charge in [-0.1, -0.05) is 12.1 Å². The van der Waals surface area contributed by atoms with E-state index in [4.69, 9.17) is 4.74 Å². The third kappa shape index (κ3) is 3.21. The lowest BCUT2D eigenvalue weighted by atomic mass is 9.97. The fraction of sp³-hybridized carbons (Fsp3) is 0.304. The molecule has 2 aliphatic rings. The molecular weight excluding hydrogens is 417 g/mol. The SMILES string of the molecule is CCN(C(=O)COC(=O)C12CCC(=O)N1c1ccccc1C(=O)N2C)c1ccc(F)cc1. The number of amides is 3. The smallest absolute Gasteiger partial charge is 0.354 e. The number of carbonyl (C=O) groups excluding carboxylic acids is 4. The van der Waals surface area contributed by atoms with Gasteiger partial charge in [0.15, 0.2) is 6.61 Å². The van der Waals surface area contributed by atoms with Crippen LogP contribution in [0.4, 0.5) is 15.8 Å². The van der Waals surface area contributed by atoms with Gasteiger partial charge in [-0.25, -0.2) is 9.18 Å². The molecule has 32 heavy (non-hydrogen) atoms. The van der Waals surface area contributed by atoms with Gasteiger partial charge in [0.25, 0.3) is 11.8 Å². The summed E-state index contributed by atoms with van der Waals surface area (Å²) in [7, 11) is 1.45. The Morgan fingerprint density at radius 3 is 2.50 bits per heavy atom. The average molecular weight is 439 g/mol. The van der Waals surface area contributed by atoms with E-state index in [1.165, 1.54) is 46.0 Å². The molecule has 0 bridgehead atoms. The summed E-state index contributed by atoms with van der Waals surface area (Å²) in [6.07, 6.45) is 0.122. The van der Waals surface area contributed by atoms with Gasteiger partial charge < -0.3 is 14.5 Å². The van der Waals surface area contributed by atoms with E-state index in [1.54, 1.807) is 31.2 Å². The Hall–Kier alpha value is -3.75. The van der Waals surface area contributed by atoms with Crippen LogP contribution in [0.3, 0.4) is 0 Å². The molecule has 9 heteroatoms. The van der Waals surface area contributed by atoms with E-state index in [0.29, 0.717) is 16.9 Å². The zero-order valence-corrected chi connectivity index (χ0v) is 17.7. The Morgan fingerprint density at radius 2 is 1.81 bits per heavy atom. The van der Waals surface area contributed by atoms with Gasteiger partial charge >= 0.3 is 5.97 Å². The number of anilines is 2. The van der Waals surface area contributed by atoms with Gasteiger partial charge in [-0.2, -0.15) is 0 Å².